The van der Waals surface area contributed by atoms with E-state index in [1.807, 2.05) is 6.92 Å². The first-order chi connectivity index (χ1) is 9.34. The second-order valence-electron chi connectivity index (χ2n) is 5.37. The van der Waals surface area contributed by atoms with Gasteiger partial charge in [-0.1, -0.05) is 18.0 Å². The Labute approximate surface area is 122 Å². The van der Waals surface area contributed by atoms with E-state index in [9.17, 15) is 9.59 Å². The van der Waals surface area contributed by atoms with Crippen LogP contribution in [0, 0.1) is 5.41 Å². The Morgan fingerprint density at radius 3 is 2.75 bits per heavy atom. The van der Waals surface area contributed by atoms with Crippen molar-refractivity contribution >= 4 is 29.2 Å². The molecule has 20 heavy (non-hydrogen) atoms. The first-order valence-corrected chi connectivity index (χ1v) is 6.82. The molecule has 1 aliphatic rings. The summed E-state index contributed by atoms with van der Waals surface area (Å²) in [5.41, 5.74) is 5.55. The SMILES string of the molecule is CC1(C(=O)Nc2ccc(Cl)cc2C(=O)O)CCCC1N. The summed E-state index contributed by atoms with van der Waals surface area (Å²) in [5.74, 6) is -1.38. The molecule has 0 saturated heterocycles. The number of halogens is 1. The number of hydrogen-bond acceptors (Lipinski definition) is 3. The van der Waals surface area contributed by atoms with Gasteiger partial charge in [0.05, 0.1) is 16.7 Å². The quantitative estimate of drug-likeness (QED) is 0.799. The van der Waals surface area contributed by atoms with E-state index in [2.05, 4.69) is 5.32 Å². The second kappa shape index (κ2) is 5.42. The van der Waals surface area contributed by atoms with E-state index < -0.39 is 11.4 Å². The molecule has 0 bridgehead atoms. The number of carbonyl (C=O) groups is 2. The van der Waals surface area contributed by atoms with Crippen LogP contribution in [0.5, 0.6) is 0 Å². The van der Waals surface area contributed by atoms with E-state index in [4.69, 9.17) is 22.4 Å². The number of carbonyl (C=O) groups excluding carboxylic acids is 1. The molecule has 108 valence electrons. The lowest BCUT2D eigenvalue weighted by Crippen LogP contribution is -2.44. The summed E-state index contributed by atoms with van der Waals surface area (Å²) in [5, 5.41) is 12.1. The number of carboxylic acid groups (broad SMARTS) is 1. The molecule has 1 aromatic carbocycles. The number of hydrogen-bond donors (Lipinski definition) is 3. The molecule has 4 N–H and O–H groups in total. The Kier molecular flexibility index (Phi) is 4.01. The van der Waals surface area contributed by atoms with Gasteiger partial charge in [-0.05, 0) is 38.0 Å². The highest BCUT2D eigenvalue weighted by atomic mass is 35.5. The summed E-state index contributed by atoms with van der Waals surface area (Å²) in [6, 6.07) is 4.15. The Hall–Kier alpha value is -1.59. The smallest absolute Gasteiger partial charge is 0.337 e. The maximum absolute atomic E-state index is 12.4. The largest absolute Gasteiger partial charge is 0.478 e. The van der Waals surface area contributed by atoms with Gasteiger partial charge < -0.3 is 16.2 Å². The van der Waals surface area contributed by atoms with Crippen LogP contribution in [-0.2, 0) is 4.79 Å². The van der Waals surface area contributed by atoms with Gasteiger partial charge in [0.25, 0.3) is 0 Å². The number of aromatic carboxylic acids is 1. The second-order valence-corrected chi connectivity index (χ2v) is 5.80. The Balaban J connectivity index is 2.26. The summed E-state index contributed by atoms with van der Waals surface area (Å²) >= 11 is 5.78. The fourth-order valence-electron chi connectivity index (χ4n) is 2.54. The predicted molar refractivity (Wildman–Crippen MR) is 77.0 cm³/mol. The third kappa shape index (κ3) is 2.64. The van der Waals surface area contributed by atoms with Gasteiger partial charge >= 0.3 is 5.97 Å². The van der Waals surface area contributed by atoms with Crippen LogP contribution < -0.4 is 11.1 Å². The molecule has 2 unspecified atom stereocenters. The van der Waals surface area contributed by atoms with Crippen molar-refractivity contribution in [1.82, 2.24) is 0 Å². The summed E-state index contributed by atoms with van der Waals surface area (Å²) in [4.78, 5) is 23.6. The third-order valence-electron chi connectivity index (χ3n) is 4.01. The Morgan fingerprint density at radius 2 is 2.20 bits per heavy atom. The Morgan fingerprint density at radius 1 is 1.50 bits per heavy atom. The molecule has 0 aromatic heterocycles. The molecular formula is C14H17ClN2O3. The first kappa shape index (κ1) is 14.8. The van der Waals surface area contributed by atoms with Gasteiger partial charge in [0.2, 0.25) is 5.91 Å². The molecule has 1 amide bonds. The number of nitrogens with one attached hydrogen (secondary N) is 1. The van der Waals surface area contributed by atoms with Crippen molar-refractivity contribution in [2.45, 2.75) is 32.2 Å². The van der Waals surface area contributed by atoms with Gasteiger partial charge in [-0.2, -0.15) is 0 Å². The van der Waals surface area contributed by atoms with Crippen LogP contribution in [0.2, 0.25) is 5.02 Å². The van der Waals surface area contributed by atoms with Crippen LogP contribution in [0.4, 0.5) is 5.69 Å². The zero-order valence-electron chi connectivity index (χ0n) is 11.1. The lowest BCUT2D eigenvalue weighted by molar-refractivity contribution is -0.125. The normalized spacial score (nSPS) is 25.4. The molecule has 0 aliphatic heterocycles. The van der Waals surface area contributed by atoms with Crippen LogP contribution in [0.25, 0.3) is 0 Å². The maximum Gasteiger partial charge on any atom is 0.337 e. The van der Waals surface area contributed by atoms with Gasteiger partial charge in [0.15, 0.2) is 0 Å². The van der Waals surface area contributed by atoms with Crippen LogP contribution in [0.3, 0.4) is 0 Å². The minimum Gasteiger partial charge on any atom is -0.478 e. The molecule has 0 heterocycles. The average molecular weight is 297 g/mol. The summed E-state index contributed by atoms with van der Waals surface area (Å²) in [6.45, 7) is 1.82. The molecule has 1 aliphatic carbocycles. The molecule has 0 radical (unpaired) electrons. The van der Waals surface area contributed by atoms with Crippen LogP contribution >= 0.6 is 11.6 Å². The van der Waals surface area contributed by atoms with Gasteiger partial charge in [-0.15, -0.1) is 0 Å². The maximum atomic E-state index is 12.4. The van der Waals surface area contributed by atoms with Gasteiger partial charge in [-0.25, -0.2) is 4.79 Å². The average Bonchev–Trinajstić information content (AvgIpc) is 2.73. The van der Waals surface area contributed by atoms with E-state index in [1.165, 1.54) is 12.1 Å². The van der Waals surface area contributed by atoms with Crippen molar-refractivity contribution in [3.8, 4) is 0 Å². The number of benzene rings is 1. The lowest BCUT2D eigenvalue weighted by Gasteiger charge is -2.27. The van der Waals surface area contributed by atoms with Crippen LogP contribution in [0.1, 0.15) is 36.5 Å². The Bertz CT molecular complexity index is 561. The zero-order valence-corrected chi connectivity index (χ0v) is 11.9. The van der Waals surface area contributed by atoms with Gasteiger partial charge in [0.1, 0.15) is 0 Å². The third-order valence-corrected chi connectivity index (χ3v) is 4.24. The van der Waals surface area contributed by atoms with E-state index >= 15 is 0 Å². The van der Waals surface area contributed by atoms with Crippen molar-refractivity contribution in [2.75, 3.05) is 5.32 Å². The van der Waals surface area contributed by atoms with E-state index in [-0.39, 0.29) is 23.2 Å². The summed E-state index contributed by atoms with van der Waals surface area (Å²) < 4.78 is 0. The minimum absolute atomic E-state index is 0.0268. The molecule has 1 aromatic rings. The fourth-order valence-corrected chi connectivity index (χ4v) is 2.71. The number of rotatable bonds is 3. The number of carboxylic acids is 1. The number of amides is 1. The van der Waals surface area contributed by atoms with Crippen molar-refractivity contribution < 1.29 is 14.7 Å². The van der Waals surface area contributed by atoms with E-state index in [0.29, 0.717) is 11.4 Å². The summed E-state index contributed by atoms with van der Waals surface area (Å²) in [6.07, 6.45) is 2.41. The highest BCUT2D eigenvalue weighted by Gasteiger charge is 2.43. The minimum atomic E-state index is -1.14. The van der Waals surface area contributed by atoms with Crippen LogP contribution in [0.15, 0.2) is 18.2 Å². The molecular weight excluding hydrogens is 280 g/mol. The molecule has 2 atom stereocenters. The van der Waals surface area contributed by atoms with Crippen molar-refractivity contribution in [3.63, 3.8) is 0 Å². The predicted octanol–water partition coefficient (Wildman–Crippen LogP) is 2.49. The van der Waals surface area contributed by atoms with Gasteiger partial charge in [0, 0.05) is 11.1 Å². The van der Waals surface area contributed by atoms with Crippen LogP contribution in [-0.4, -0.2) is 23.0 Å². The lowest BCUT2D eigenvalue weighted by atomic mass is 9.84. The first-order valence-electron chi connectivity index (χ1n) is 6.44. The molecule has 2 rings (SSSR count). The molecule has 5 nitrogen and oxygen atoms in total. The van der Waals surface area contributed by atoms with Gasteiger partial charge in [-0.3, -0.25) is 4.79 Å². The standard InChI is InChI=1S/C14H17ClN2O3/c1-14(6-2-3-11(14)16)13(20)17-10-5-4-8(15)7-9(10)12(18)19/h4-5,7,11H,2-3,6,16H2,1H3,(H,17,20)(H,18,19). The topological polar surface area (TPSA) is 92.4 Å². The van der Waals surface area contributed by atoms with Crippen molar-refractivity contribution in [1.29, 1.82) is 0 Å². The molecule has 1 saturated carbocycles. The van der Waals surface area contributed by atoms with E-state index in [0.717, 1.165) is 12.8 Å². The number of anilines is 1. The molecule has 0 spiro atoms. The van der Waals surface area contributed by atoms with Crippen molar-refractivity contribution in [2.24, 2.45) is 11.1 Å². The highest BCUT2D eigenvalue weighted by Crippen LogP contribution is 2.38. The molecule has 1 fully saturated rings. The monoisotopic (exact) mass is 296 g/mol. The summed E-state index contributed by atoms with van der Waals surface area (Å²) in [7, 11) is 0. The molecule has 6 heteroatoms. The highest BCUT2D eigenvalue weighted by molar-refractivity contribution is 6.31. The fraction of sp³-hybridized carbons (Fsp3) is 0.429. The number of nitrogens with two attached hydrogens (primary N) is 1. The zero-order chi connectivity index (χ0) is 14.9. The van der Waals surface area contributed by atoms with E-state index in [1.54, 1.807) is 6.07 Å². The van der Waals surface area contributed by atoms with Crippen molar-refractivity contribution in [3.05, 3.63) is 28.8 Å².